The molecule has 0 bridgehead atoms. The van der Waals surface area contributed by atoms with Gasteiger partial charge in [-0.15, -0.1) is 0 Å². The van der Waals surface area contributed by atoms with Crippen molar-refractivity contribution in [2.24, 2.45) is 0 Å². The van der Waals surface area contributed by atoms with E-state index in [2.05, 4.69) is 5.10 Å². The number of aromatic nitrogens is 2. The van der Waals surface area contributed by atoms with Crippen LogP contribution in [0.5, 0.6) is 0 Å². The quantitative estimate of drug-likeness (QED) is 0.819. The number of sulfone groups is 1. The van der Waals surface area contributed by atoms with Crippen LogP contribution in [0.3, 0.4) is 0 Å². The highest BCUT2D eigenvalue weighted by Gasteiger charge is 2.31. The van der Waals surface area contributed by atoms with E-state index < -0.39 is 15.7 Å². The van der Waals surface area contributed by atoms with Gasteiger partial charge in [0.1, 0.15) is 17.4 Å². The molecule has 2 heterocycles. The van der Waals surface area contributed by atoms with Crippen LogP contribution in [0.2, 0.25) is 0 Å². The lowest BCUT2D eigenvalue weighted by molar-refractivity contribution is 0.485. The monoisotopic (exact) mass is 376 g/mol. The van der Waals surface area contributed by atoms with E-state index in [9.17, 15) is 18.1 Å². The minimum Gasteiger partial charge on any atom is -0.369 e. The van der Waals surface area contributed by atoms with E-state index in [4.69, 9.17) is 0 Å². The third kappa shape index (κ3) is 3.31. The normalized spacial score (nSPS) is 18.7. The standard InChI is InChI=1S/C18H21FN4O2S/c1-12-16(10-22(3)18-6-4-5-17(19)15(18)9-20)13(2)23(21-12)14-7-8-26(24,25)11-14/h4-6,14H,7-8,10-11H2,1-3H3/t14-/m1/s1. The van der Waals surface area contributed by atoms with E-state index in [1.54, 1.807) is 23.9 Å². The van der Waals surface area contributed by atoms with E-state index in [0.29, 0.717) is 18.7 Å². The summed E-state index contributed by atoms with van der Waals surface area (Å²) >= 11 is 0. The van der Waals surface area contributed by atoms with Crippen LogP contribution in [0.1, 0.15) is 35.0 Å². The van der Waals surface area contributed by atoms with Gasteiger partial charge in [-0.25, -0.2) is 12.8 Å². The zero-order valence-electron chi connectivity index (χ0n) is 15.0. The van der Waals surface area contributed by atoms with Crippen molar-refractivity contribution < 1.29 is 12.8 Å². The van der Waals surface area contributed by atoms with Gasteiger partial charge < -0.3 is 4.90 Å². The Morgan fingerprint density at radius 1 is 1.42 bits per heavy atom. The molecule has 1 atom stereocenters. The lowest BCUT2D eigenvalue weighted by Crippen LogP contribution is -2.19. The van der Waals surface area contributed by atoms with Gasteiger partial charge >= 0.3 is 0 Å². The molecular formula is C18H21FN4O2S. The largest absolute Gasteiger partial charge is 0.369 e. The number of hydrogen-bond acceptors (Lipinski definition) is 5. The van der Waals surface area contributed by atoms with Crippen molar-refractivity contribution in [3.8, 4) is 6.07 Å². The number of anilines is 1. The van der Waals surface area contributed by atoms with Gasteiger partial charge in [-0.3, -0.25) is 4.68 Å². The van der Waals surface area contributed by atoms with Gasteiger partial charge in [0.2, 0.25) is 0 Å². The van der Waals surface area contributed by atoms with Crippen molar-refractivity contribution in [1.29, 1.82) is 5.26 Å². The van der Waals surface area contributed by atoms with Gasteiger partial charge in [0.05, 0.1) is 28.9 Å². The fourth-order valence-corrected chi connectivity index (χ4v) is 5.21. The molecule has 0 amide bonds. The molecule has 26 heavy (non-hydrogen) atoms. The average Bonchev–Trinajstić information content (AvgIpc) is 3.08. The Bertz CT molecular complexity index is 991. The number of rotatable bonds is 4. The van der Waals surface area contributed by atoms with Crippen LogP contribution in [-0.4, -0.2) is 36.8 Å². The summed E-state index contributed by atoms with van der Waals surface area (Å²) in [6.07, 6.45) is 0.571. The number of nitrogens with zero attached hydrogens (tertiary/aromatic N) is 4. The van der Waals surface area contributed by atoms with Crippen LogP contribution >= 0.6 is 0 Å². The highest BCUT2D eigenvalue weighted by Crippen LogP contribution is 2.29. The van der Waals surface area contributed by atoms with Gasteiger partial charge in [0.25, 0.3) is 0 Å². The van der Waals surface area contributed by atoms with Crippen LogP contribution < -0.4 is 4.90 Å². The highest BCUT2D eigenvalue weighted by molar-refractivity contribution is 7.91. The minimum atomic E-state index is -2.99. The SMILES string of the molecule is Cc1nn([C@@H]2CCS(=O)(=O)C2)c(C)c1CN(C)c1cccc(F)c1C#N. The number of nitriles is 1. The molecule has 138 valence electrons. The lowest BCUT2D eigenvalue weighted by atomic mass is 10.1. The molecule has 0 saturated carbocycles. The second-order valence-corrected chi connectivity index (χ2v) is 8.98. The third-order valence-electron chi connectivity index (χ3n) is 4.94. The zero-order chi connectivity index (χ0) is 19.1. The highest BCUT2D eigenvalue weighted by atomic mass is 32.2. The lowest BCUT2D eigenvalue weighted by Gasteiger charge is -2.21. The van der Waals surface area contributed by atoms with Gasteiger partial charge in [0.15, 0.2) is 9.84 Å². The Labute approximate surface area is 152 Å². The Kier molecular flexibility index (Phi) is 4.76. The van der Waals surface area contributed by atoms with Crippen molar-refractivity contribution in [3.05, 3.63) is 46.5 Å². The Hall–Kier alpha value is -2.40. The fraction of sp³-hybridized carbons (Fsp3) is 0.444. The summed E-state index contributed by atoms with van der Waals surface area (Å²) in [4.78, 5) is 1.81. The van der Waals surface area contributed by atoms with Crippen LogP contribution in [0, 0.1) is 31.0 Å². The Morgan fingerprint density at radius 3 is 2.77 bits per heavy atom. The molecule has 0 radical (unpaired) electrons. The Balaban J connectivity index is 1.90. The Morgan fingerprint density at radius 2 is 2.15 bits per heavy atom. The van der Waals surface area contributed by atoms with Crippen molar-refractivity contribution in [3.63, 3.8) is 0 Å². The molecule has 1 aromatic heterocycles. The predicted octanol–water partition coefficient (Wildman–Crippen LogP) is 2.51. The predicted molar refractivity (Wildman–Crippen MR) is 97.2 cm³/mol. The van der Waals surface area contributed by atoms with Gasteiger partial charge in [0, 0.05) is 24.8 Å². The summed E-state index contributed by atoms with van der Waals surface area (Å²) in [5.41, 5.74) is 3.21. The smallest absolute Gasteiger partial charge is 0.152 e. The van der Waals surface area contributed by atoms with E-state index in [-0.39, 0.29) is 23.1 Å². The maximum Gasteiger partial charge on any atom is 0.152 e. The molecule has 8 heteroatoms. The summed E-state index contributed by atoms with van der Waals surface area (Å²) in [5, 5.41) is 13.8. The third-order valence-corrected chi connectivity index (χ3v) is 6.69. The van der Waals surface area contributed by atoms with E-state index >= 15 is 0 Å². The first-order valence-corrected chi connectivity index (χ1v) is 10.2. The van der Waals surface area contributed by atoms with Crippen molar-refractivity contribution in [2.45, 2.75) is 32.9 Å². The molecular weight excluding hydrogens is 355 g/mol. The molecule has 1 aliphatic rings. The second kappa shape index (κ2) is 6.72. The fourth-order valence-electron chi connectivity index (χ4n) is 3.51. The number of aryl methyl sites for hydroxylation is 1. The summed E-state index contributed by atoms with van der Waals surface area (Å²) < 4.78 is 39.2. The van der Waals surface area contributed by atoms with Crippen molar-refractivity contribution in [2.75, 3.05) is 23.5 Å². The number of halogens is 1. The van der Waals surface area contributed by atoms with E-state index in [0.717, 1.165) is 17.0 Å². The van der Waals surface area contributed by atoms with Crippen LogP contribution in [0.15, 0.2) is 18.2 Å². The number of benzene rings is 1. The van der Waals surface area contributed by atoms with Gasteiger partial charge in [-0.05, 0) is 32.4 Å². The first-order valence-electron chi connectivity index (χ1n) is 8.38. The maximum absolute atomic E-state index is 13.9. The van der Waals surface area contributed by atoms with Gasteiger partial charge in [-0.2, -0.15) is 10.4 Å². The van der Waals surface area contributed by atoms with E-state index in [1.807, 2.05) is 24.8 Å². The maximum atomic E-state index is 13.9. The zero-order valence-corrected chi connectivity index (χ0v) is 15.8. The molecule has 1 saturated heterocycles. The van der Waals surface area contributed by atoms with Crippen LogP contribution in [0.25, 0.3) is 0 Å². The summed E-state index contributed by atoms with van der Waals surface area (Å²) in [5.74, 6) is -0.232. The topological polar surface area (TPSA) is 79.0 Å². The molecule has 0 aliphatic carbocycles. The first kappa shape index (κ1) is 18.4. The average molecular weight is 376 g/mol. The molecule has 0 unspecified atom stereocenters. The summed E-state index contributed by atoms with van der Waals surface area (Å²) in [6, 6.07) is 6.33. The molecule has 0 N–H and O–H groups in total. The molecule has 0 spiro atoms. The molecule has 1 aromatic carbocycles. The van der Waals surface area contributed by atoms with Crippen LogP contribution in [0.4, 0.5) is 10.1 Å². The molecule has 1 aliphatic heterocycles. The molecule has 2 aromatic rings. The van der Waals surface area contributed by atoms with Gasteiger partial charge in [-0.1, -0.05) is 6.07 Å². The van der Waals surface area contributed by atoms with Crippen molar-refractivity contribution >= 4 is 15.5 Å². The van der Waals surface area contributed by atoms with Crippen molar-refractivity contribution in [1.82, 2.24) is 9.78 Å². The summed E-state index contributed by atoms with van der Waals surface area (Å²) in [6.45, 7) is 4.26. The van der Waals surface area contributed by atoms with E-state index in [1.165, 1.54) is 6.07 Å². The molecule has 3 rings (SSSR count). The molecule has 1 fully saturated rings. The second-order valence-electron chi connectivity index (χ2n) is 6.75. The molecule has 6 nitrogen and oxygen atoms in total. The minimum absolute atomic E-state index is 0.0135. The number of hydrogen-bond donors (Lipinski definition) is 0. The first-order chi connectivity index (χ1) is 12.2. The summed E-state index contributed by atoms with van der Waals surface area (Å²) in [7, 11) is -1.20. The van der Waals surface area contributed by atoms with Crippen LogP contribution in [-0.2, 0) is 16.4 Å².